The van der Waals surface area contributed by atoms with Crippen LogP contribution < -0.4 is 26.0 Å². The number of benzene rings is 1. The third-order valence-electron chi connectivity index (χ3n) is 5.22. The fourth-order valence-electron chi connectivity index (χ4n) is 3.75. The second kappa shape index (κ2) is 8.50. The van der Waals surface area contributed by atoms with Crippen LogP contribution in [0.5, 0.6) is 11.5 Å². The number of H-pyrrole nitrogens is 1. The molecule has 0 saturated heterocycles. The first kappa shape index (κ1) is 20.5. The van der Waals surface area contributed by atoms with Crippen LogP contribution in [0.1, 0.15) is 23.1 Å². The van der Waals surface area contributed by atoms with Gasteiger partial charge in [0.25, 0.3) is 5.91 Å². The number of methoxy groups -OCH3 is 1. The second-order valence-electron chi connectivity index (χ2n) is 7.04. The Labute approximate surface area is 178 Å². The zero-order valence-electron chi connectivity index (χ0n) is 17.4. The maximum Gasteiger partial charge on any atom is 0.330 e. The van der Waals surface area contributed by atoms with E-state index in [1.807, 2.05) is 19.1 Å². The van der Waals surface area contributed by atoms with E-state index in [2.05, 4.69) is 15.3 Å². The Kier molecular flexibility index (Phi) is 5.61. The van der Waals surface area contributed by atoms with Gasteiger partial charge in [0.15, 0.2) is 17.3 Å². The monoisotopic (exact) mass is 424 g/mol. The summed E-state index contributed by atoms with van der Waals surface area (Å²) in [6.07, 6.45) is 3.72. The molecule has 1 amide bonds. The Balaban J connectivity index is 1.62. The normalized spacial score (nSPS) is 12.1. The number of carbonyl (C=O) groups excluding carboxylic acids is 1. The van der Waals surface area contributed by atoms with Crippen LogP contribution in [0.2, 0.25) is 0 Å². The van der Waals surface area contributed by atoms with Crippen LogP contribution in [0, 0.1) is 5.41 Å². The molecule has 3 heterocycles. The molecule has 10 heteroatoms. The largest absolute Gasteiger partial charge is 0.493 e. The highest BCUT2D eigenvalue weighted by atomic mass is 16.5. The van der Waals surface area contributed by atoms with Crippen LogP contribution in [-0.4, -0.2) is 45.3 Å². The third-order valence-corrected chi connectivity index (χ3v) is 5.22. The maximum atomic E-state index is 13.1. The Hall–Kier alpha value is -3.82. The average Bonchev–Trinajstić information content (AvgIpc) is 3.30. The zero-order chi connectivity index (χ0) is 22.0. The molecule has 3 N–H and O–H groups in total. The molecule has 3 aromatic rings. The molecule has 4 rings (SSSR count). The van der Waals surface area contributed by atoms with Crippen molar-refractivity contribution in [3.05, 3.63) is 58.0 Å². The van der Waals surface area contributed by atoms with Gasteiger partial charge in [-0.15, -0.1) is 0 Å². The van der Waals surface area contributed by atoms with Crippen LogP contribution in [-0.2, 0) is 19.5 Å². The number of rotatable bonds is 7. The van der Waals surface area contributed by atoms with Crippen molar-refractivity contribution >= 4 is 5.91 Å². The fourth-order valence-corrected chi connectivity index (χ4v) is 3.75. The van der Waals surface area contributed by atoms with Gasteiger partial charge in [0, 0.05) is 43.7 Å². The third kappa shape index (κ3) is 3.83. The number of nitrogens with zero attached hydrogens (tertiary/aromatic N) is 3. The van der Waals surface area contributed by atoms with Gasteiger partial charge < -0.3 is 19.8 Å². The van der Waals surface area contributed by atoms with Crippen molar-refractivity contribution in [3.8, 4) is 22.8 Å². The van der Waals surface area contributed by atoms with Gasteiger partial charge in [-0.2, -0.15) is 0 Å². The van der Waals surface area contributed by atoms with Crippen molar-refractivity contribution in [2.75, 3.05) is 20.3 Å². The number of hydrogen-bond acceptors (Lipinski definition) is 6. The summed E-state index contributed by atoms with van der Waals surface area (Å²) in [5, 5.41) is 11.1. The van der Waals surface area contributed by atoms with Gasteiger partial charge in [-0.1, -0.05) is 0 Å². The minimum atomic E-state index is -0.360. The van der Waals surface area contributed by atoms with E-state index in [-0.39, 0.29) is 36.0 Å². The summed E-state index contributed by atoms with van der Waals surface area (Å²) in [4.78, 5) is 31.7. The molecule has 1 aromatic carbocycles. The molecule has 1 aliphatic heterocycles. The van der Waals surface area contributed by atoms with Crippen molar-refractivity contribution < 1.29 is 14.3 Å². The topological polar surface area (TPSA) is 127 Å². The summed E-state index contributed by atoms with van der Waals surface area (Å²) in [7, 11) is 1.58. The lowest BCUT2D eigenvalue weighted by Gasteiger charge is -2.24. The van der Waals surface area contributed by atoms with Gasteiger partial charge >= 0.3 is 5.69 Å². The number of carbonyl (C=O) groups is 1. The number of imidazole rings is 1. The number of aromatic nitrogens is 4. The summed E-state index contributed by atoms with van der Waals surface area (Å²) < 4.78 is 14.1. The highest BCUT2D eigenvalue weighted by Crippen LogP contribution is 2.37. The van der Waals surface area contributed by atoms with Crippen LogP contribution in [0.4, 0.5) is 0 Å². The number of aromatic amines is 1. The van der Waals surface area contributed by atoms with Crippen LogP contribution in [0.25, 0.3) is 11.3 Å². The number of nitrogens with one attached hydrogen (secondary N) is 3. The van der Waals surface area contributed by atoms with E-state index in [1.165, 1.54) is 10.8 Å². The molecule has 0 saturated carbocycles. The molecular formula is C21H24N6O4. The molecule has 0 unspecified atom stereocenters. The van der Waals surface area contributed by atoms with E-state index in [9.17, 15) is 9.59 Å². The van der Waals surface area contributed by atoms with Crippen LogP contribution in [0.15, 0.2) is 35.4 Å². The minimum Gasteiger partial charge on any atom is -0.493 e. The van der Waals surface area contributed by atoms with Gasteiger partial charge in [-0.3, -0.25) is 19.3 Å². The molecule has 0 aliphatic carbocycles. The number of amides is 1. The Morgan fingerprint density at radius 2 is 2.16 bits per heavy atom. The molecule has 10 nitrogen and oxygen atoms in total. The van der Waals surface area contributed by atoms with Crippen molar-refractivity contribution in [1.29, 1.82) is 5.41 Å². The lowest BCUT2D eigenvalue weighted by atomic mass is 9.97. The molecule has 162 valence electrons. The molecule has 0 fully saturated rings. The maximum absolute atomic E-state index is 13.1. The quantitative estimate of drug-likeness (QED) is 0.520. The van der Waals surface area contributed by atoms with Gasteiger partial charge in [-0.25, -0.2) is 9.78 Å². The van der Waals surface area contributed by atoms with Crippen LogP contribution in [0.3, 0.4) is 0 Å². The predicted molar refractivity (Wildman–Crippen MR) is 112 cm³/mol. The molecule has 0 radical (unpaired) electrons. The Morgan fingerprint density at radius 3 is 2.87 bits per heavy atom. The summed E-state index contributed by atoms with van der Waals surface area (Å²) >= 11 is 0. The Bertz CT molecular complexity index is 1230. The van der Waals surface area contributed by atoms with Crippen molar-refractivity contribution in [3.63, 3.8) is 0 Å². The summed E-state index contributed by atoms with van der Waals surface area (Å²) in [6, 6.07) is 5.48. The number of ether oxygens (including phenoxy) is 2. The Morgan fingerprint density at radius 1 is 1.32 bits per heavy atom. The molecule has 0 bridgehead atoms. The van der Waals surface area contributed by atoms with Crippen molar-refractivity contribution in [2.45, 2.75) is 26.4 Å². The van der Waals surface area contributed by atoms with E-state index in [0.717, 1.165) is 11.1 Å². The average molecular weight is 424 g/mol. The number of aryl methyl sites for hydroxylation is 1. The highest BCUT2D eigenvalue weighted by Gasteiger charge is 2.22. The highest BCUT2D eigenvalue weighted by molar-refractivity contribution is 5.90. The first-order valence-corrected chi connectivity index (χ1v) is 10.0. The SMILES string of the molecule is CCOc1cc2c(cc1OC)-c1cc(=N)n(CCNC(=O)c3ncc[nH]3)c(=O)n1CC2. The molecule has 2 aromatic heterocycles. The molecule has 31 heavy (non-hydrogen) atoms. The van der Waals surface area contributed by atoms with Crippen molar-refractivity contribution in [1.82, 2.24) is 24.4 Å². The van der Waals surface area contributed by atoms with Gasteiger partial charge in [0.1, 0.15) is 5.49 Å². The standard InChI is InChI=1S/C21H24N6O4/c1-3-31-17-10-13-4-8-26-15(14(13)11-16(17)30-2)12-18(22)27(21(26)29)9-7-25-20(28)19-23-5-6-24-19/h5-6,10-12,22H,3-4,7-9H2,1-2H3,(H,23,24)(H,25,28). The smallest absolute Gasteiger partial charge is 0.330 e. The van der Waals surface area contributed by atoms with E-state index >= 15 is 0 Å². The second-order valence-corrected chi connectivity index (χ2v) is 7.04. The van der Waals surface area contributed by atoms with E-state index < -0.39 is 0 Å². The van der Waals surface area contributed by atoms with E-state index in [0.29, 0.717) is 36.8 Å². The minimum absolute atomic E-state index is 0.0733. The first-order valence-electron chi connectivity index (χ1n) is 10.0. The van der Waals surface area contributed by atoms with Gasteiger partial charge in [-0.05, 0) is 31.0 Å². The fraction of sp³-hybridized carbons (Fsp3) is 0.333. The van der Waals surface area contributed by atoms with E-state index in [1.54, 1.807) is 23.9 Å². The lowest BCUT2D eigenvalue weighted by Crippen LogP contribution is -2.43. The van der Waals surface area contributed by atoms with Gasteiger partial charge in [0.2, 0.25) is 0 Å². The predicted octanol–water partition coefficient (Wildman–Crippen LogP) is 0.913. The van der Waals surface area contributed by atoms with Crippen molar-refractivity contribution in [2.24, 2.45) is 0 Å². The molecule has 1 aliphatic rings. The number of hydrogen-bond donors (Lipinski definition) is 3. The summed E-state index contributed by atoms with van der Waals surface area (Å²) in [6.45, 7) is 3.32. The van der Waals surface area contributed by atoms with Crippen LogP contribution >= 0.6 is 0 Å². The molecular weight excluding hydrogens is 400 g/mol. The lowest BCUT2D eigenvalue weighted by molar-refractivity contribution is 0.0942. The first-order chi connectivity index (χ1) is 15.0. The van der Waals surface area contributed by atoms with Gasteiger partial charge in [0.05, 0.1) is 19.4 Å². The zero-order valence-corrected chi connectivity index (χ0v) is 17.4. The number of fused-ring (bicyclic) bond motifs is 3. The summed E-state index contributed by atoms with van der Waals surface area (Å²) in [5.74, 6) is 1.10. The summed E-state index contributed by atoms with van der Waals surface area (Å²) in [5.41, 5.74) is 2.37. The molecule has 0 atom stereocenters. The molecule has 0 spiro atoms. The van der Waals surface area contributed by atoms with E-state index in [4.69, 9.17) is 14.9 Å².